The van der Waals surface area contributed by atoms with Gasteiger partial charge >= 0.3 is 6.09 Å². The SMILES string of the molecule is CC1=Nc2ccccc2NC1OCCON1CCOC1=O. The minimum atomic E-state index is -0.447. The number of anilines is 1. The number of ether oxygens (including phenoxy) is 2. The molecule has 1 fully saturated rings. The van der Waals surface area contributed by atoms with Gasteiger partial charge in [-0.15, -0.1) is 0 Å². The fourth-order valence-corrected chi connectivity index (χ4v) is 2.16. The second-order valence-electron chi connectivity index (χ2n) is 4.72. The topological polar surface area (TPSA) is 72.4 Å². The summed E-state index contributed by atoms with van der Waals surface area (Å²) in [6.07, 6.45) is -0.730. The van der Waals surface area contributed by atoms with Gasteiger partial charge in [-0.2, -0.15) is 5.06 Å². The Morgan fingerprint density at radius 2 is 2.29 bits per heavy atom. The molecule has 0 bridgehead atoms. The van der Waals surface area contributed by atoms with Gasteiger partial charge in [0.2, 0.25) is 0 Å². The van der Waals surface area contributed by atoms with E-state index in [9.17, 15) is 4.79 Å². The van der Waals surface area contributed by atoms with Crippen molar-refractivity contribution in [2.45, 2.75) is 13.2 Å². The number of hydrogen-bond acceptors (Lipinski definition) is 6. The van der Waals surface area contributed by atoms with Gasteiger partial charge in [0, 0.05) is 0 Å². The van der Waals surface area contributed by atoms with Crippen LogP contribution in [0.3, 0.4) is 0 Å². The van der Waals surface area contributed by atoms with E-state index in [4.69, 9.17) is 14.3 Å². The van der Waals surface area contributed by atoms with Gasteiger partial charge in [0.05, 0.1) is 36.8 Å². The molecular weight excluding hydrogens is 274 g/mol. The molecule has 0 aromatic heterocycles. The zero-order valence-corrected chi connectivity index (χ0v) is 11.7. The van der Waals surface area contributed by atoms with Crippen LogP contribution in [0.4, 0.5) is 16.2 Å². The minimum Gasteiger partial charge on any atom is -0.446 e. The average Bonchev–Trinajstić information content (AvgIpc) is 2.89. The number of nitrogens with one attached hydrogen (secondary N) is 1. The van der Waals surface area contributed by atoms with Crippen LogP contribution in [0, 0.1) is 0 Å². The van der Waals surface area contributed by atoms with Gasteiger partial charge < -0.3 is 14.8 Å². The maximum atomic E-state index is 11.2. The normalized spacial score (nSPS) is 20.6. The number of benzene rings is 1. The molecule has 3 rings (SSSR count). The van der Waals surface area contributed by atoms with Gasteiger partial charge in [0.25, 0.3) is 0 Å². The number of carbonyl (C=O) groups is 1. The zero-order valence-electron chi connectivity index (χ0n) is 11.7. The highest BCUT2D eigenvalue weighted by atomic mass is 16.7. The lowest BCUT2D eigenvalue weighted by Crippen LogP contribution is -2.34. The molecule has 7 heteroatoms. The van der Waals surface area contributed by atoms with Gasteiger partial charge in [0.1, 0.15) is 6.61 Å². The van der Waals surface area contributed by atoms with Crippen molar-refractivity contribution >= 4 is 23.2 Å². The van der Waals surface area contributed by atoms with E-state index in [1.165, 1.54) is 5.06 Å². The Bertz CT molecular complexity index is 561. The molecule has 112 valence electrons. The molecule has 1 unspecified atom stereocenters. The summed E-state index contributed by atoms with van der Waals surface area (Å²) in [5, 5.41) is 4.47. The lowest BCUT2D eigenvalue weighted by atomic mass is 10.2. The third-order valence-corrected chi connectivity index (χ3v) is 3.21. The first-order valence-electron chi connectivity index (χ1n) is 6.83. The quantitative estimate of drug-likeness (QED) is 0.839. The fourth-order valence-electron chi connectivity index (χ4n) is 2.16. The molecule has 0 saturated carbocycles. The predicted molar refractivity (Wildman–Crippen MR) is 76.6 cm³/mol. The molecule has 1 aromatic rings. The summed E-state index contributed by atoms with van der Waals surface area (Å²) in [5.41, 5.74) is 2.71. The van der Waals surface area contributed by atoms with E-state index in [0.29, 0.717) is 19.8 Å². The number of para-hydroxylation sites is 2. The summed E-state index contributed by atoms with van der Waals surface area (Å²) in [5.74, 6) is 0. The van der Waals surface area contributed by atoms with Crippen molar-refractivity contribution in [1.82, 2.24) is 5.06 Å². The Morgan fingerprint density at radius 1 is 1.43 bits per heavy atom. The number of nitrogens with zero attached hydrogens (tertiary/aromatic N) is 2. The number of hydroxylamine groups is 2. The number of hydrogen-bond donors (Lipinski definition) is 1. The summed E-state index contributed by atoms with van der Waals surface area (Å²) in [7, 11) is 0. The van der Waals surface area contributed by atoms with Crippen molar-refractivity contribution in [3.05, 3.63) is 24.3 Å². The number of fused-ring (bicyclic) bond motifs is 1. The molecule has 1 saturated heterocycles. The van der Waals surface area contributed by atoms with Crippen molar-refractivity contribution < 1.29 is 19.1 Å². The molecule has 21 heavy (non-hydrogen) atoms. The van der Waals surface area contributed by atoms with Crippen LogP contribution >= 0.6 is 0 Å². The molecular formula is C14H17N3O4. The van der Waals surface area contributed by atoms with Crippen molar-refractivity contribution in [3.8, 4) is 0 Å². The van der Waals surface area contributed by atoms with E-state index in [0.717, 1.165) is 17.1 Å². The second-order valence-corrected chi connectivity index (χ2v) is 4.72. The number of rotatable bonds is 5. The average molecular weight is 291 g/mol. The number of carbonyl (C=O) groups excluding carboxylic acids is 1. The molecule has 0 radical (unpaired) electrons. The summed E-state index contributed by atoms with van der Waals surface area (Å²) in [4.78, 5) is 20.9. The molecule has 1 amide bonds. The molecule has 2 aliphatic heterocycles. The maximum Gasteiger partial charge on any atom is 0.434 e. The Balaban J connectivity index is 1.47. The van der Waals surface area contributed by atoms with Crippen LogP contribution in [0.1, 0.15) is 6.92 Å². The molecule has 2 aliphatic rings. The summed E-state index contributed by atoms with van der Waals surface area (Å²) in [6, 6.07) is 7.80. The van der Waals surface area contributed by atoms with Crippen molar-refractivity contribution in [3.63, 3.8) is 0 Å². The highest BCUT2D eigenvalue weighted by molar-refractivity contribution is 5.95. The largest absolute Gasteiger partial charge is 0.446 e. The molecule has 1 aromatic carbocycles. The van der Waals surface area contributed by atoms with Crippen molar-refractivity contribution in [2.24, 2.45) is 4.99 Å². The Hall–Kier alpha value is -2.12. The first-order chi connectivity index (χ1) is 10.2. The van der Waals surface area contributed by atoms with Gasteiger partial charge in [-0.1, -0.05) is 12.1 Å². The van der Waals surface area contributed by atoms with Crippen LogP contribution in [0.5, 0.6) is 0 Å². The van der Waals surface area contributed by atoms with E-state index in [1.54, 1.807) is 0 Å². The molecule has 2 heterocycles. The highest BCUT2D eigenvalue weighted by Crippen LogP contribution is 2.29. The number of cyclic esters (lactones) is 1. The Morgan fingerprint density at radius 3 is 3.10 bits per heavy atom. The smallest absolute Gasteiger partial charge is 0.434 e. The first kappa shape index (κ1) is 13.8. The molecule has 7 nitrogen and oxygen atoms in total. The molecule has 1 atom stereocenters. The van der Waals surface area contributed by atoms with Crippen molar-refractivity contribution in [2.75, 3.05) is 31.7 Å². The minimum absolute atomic E-state index is 0.280. The second kappa shape index (κ2) is 6.11. The van der Waals surface area contributed by atoms with Crippen LogP contribution in [0.15, 0.2) is 29.3 Å². The van der Waals surface area contributed by atoms with Crippen LogP contribution in [0.25, 0.3) is 0 Å². The summed E-state index contributed by atoms with van der Waals surface area (Å²) < 4.78 is 10.5. The standard InChI is InChI=1S/C14H17N3O4/c1-10-13(16-12-5-3-2-4-11(12)15-10)19-8-9-21-17-6-7-20-14(17)18/h2-5,13,16H,6-9H2,1H3. The molecule has 1 N–H and O–H groups in total. The number of amides is 1. The van der Waals surface area contributed by atoms with Gasteiger partial charge in [0.15, 0.2) is 6.23 Å². The van der Waals surface area contributed by atoms with Crippen LogP contribution in [0.2, 0.25) is 0 Å². The van der Waals surface area contributed by atoms with Gasteiger partial charge in [-0.3, -0.25) is 9.83 Å². The van der Waals surface area contributed by atoms with E-state index in [-0.39, 0.29) is 12.8 Å². The van der Waals surface area contributed by atoms with E-state index in [2.05, 4.69) is 10.3 Å². The van der Waals surface area contributed by atoms with E-state index in [1.807, 2.05) is 31.2 Å². The van der Waals surface area contributed by atoms with Crippen LogP contribution in [-0.2, 0) is 14.3 Å². The van der Waals surface area contributed by atoms with Crippen LogP contribution < -0.4 is 5.32 Å². The third kappa shape index (κ3) is 3.14. The monoisotopic (exact) mass is 291 g/mol. The van der Waals surface area contributed by atoms with Crippen LogP contribution in [-0.4, -0.2) is 49.5 Å². The predicted octanol–water partition coefficient (Wildman–Crippen LogP) is 1.93. The molecule has 0 spiro atoms. The lowest BCUT2D eigenvalue weighted by molar-refractivity contribution is -0.124. The Kier molecular flexibility index (Phi) is 4.03. The maximum absolute atomic E-state index is 11.2. The zero-order chi connectivity index (χ0) is 14.7. The summed E-state index contributed by atoms with van der Waals surface area (Å²) >= 11 is 0. The third-order valence-electron chi connectivity index (χ3n) is 3.21. The lowest BCUT2D eigenvalue weighted by Gasteiger charge is -2.25. The Labute approximate surface area is 122 Å². The van der Waals surface area contributed by atoms with E-state index < -0.39 is 6.09 Å². The van der Waals surface area contributed by atoms with Gasteiger partial charge in [-0.25, -0.2) is 4.79 Å². The summed E-state index contributed by atoms with van der Waals surface area (Å²) in [6.45, 7) is 3.35. The number of aliphatic imine (C=N–C) groups is 1. The van der Waals surface area contributed by atoms with Crippen molar-refractivity contribution in [1.29, 1.82) is 0 Å². The first-order valence-corrected chi connectivity index (χ1v) is 6.83. The fraction of sp³-hybridized carbons (Fsp3) is 0.429. The van der Waals surface area contributed by atoms with E-state index >= 15 is 0 Å². The van der Waals surface area contributed by atoms with Gasteiger partial charge in [-0.05, 0) is 19.1 Å². The highest BCUT2D eigenvalue weighted by Gasteiger charge is 2.23. The molecule has 0 aliphatic carbocycles.